The Labute approximate surface area is 183 Å². The highest BCUT2D eigenvalue weighted by Crippen LogP contribution is 2.50. The molecule has 31 heavy (non-hydrogen) atoms. The Bertz CT molecular complexity index is 1050. The number of amides is 1. The fourth-order valence-electron chi connectivity index (χ4n) is 4.83. The molecule has 5 nitrogen and oxygen atoms in total. The van der Waals surface area contributed by atoms with Gasteiger partial charge in [-0.15, -0.1) is 0 Å². The summed E-state index contributed by atoms with van der Waals surface area (Å²) in [7, 11) is 1.62. The third-order valence-corrected chi connectivity index (χ3v) is 6.06. The first-order valence-corrected chi connectivity index (χ1v) is 10.8. The summed E-state index contributed by atoms with van der Waals surface area (Å²) in [5, 5.41) is 0. The van der Waals surface area contributed by atoms with E-state index in [9.17, 15) is 9.59 Å². The molecule has 0 N–H and O–H groups in total. The van der Waals surface area contributed by atoms with Gasteiger partial charge < -0.3 is 9.47 Å². The van der Waals surface area contributed by atoms with Crippen molar-refractivity contribution in [2.24, 2.45) is 5.41 Å². The summed E-state index contributed by atoms with van der Waals surface area (Å²) >= 11 is 0. The summed E-state index contributed by atoms with van der Waals surface area (Å²) in [6.45, 7) is 6.58. The zero-order valence-electron chi connectivity index (χ0n) is 18.6. The van der Waals surface area contributed by atoms with Gasteiger partial charge in [0.1, 0.15) is 11.5 Å². The number of allylic oxidation sites excluding steroid dienone is 2. The van der Waals surface area contributed by atoms with Crippen LogP contribution in [0.25, 0.3) is 0 Å². The second-order valence-corrected chi connectivity index (χ2v) is 8.93. The fourth-order valence-corrected chi connectivity index (χ4v) is 4.83. The molecule has 0 saturated heterocycles. The van der Waals surface area contributed by atoms with Crippen molar-refractivity contribution < 1.29 is 19.1 Å². The highest BCUT2D eigenvalue weighted by Gasteiger charge is 2.45. The number of nitrogens with zero attached hydrogens (tertiary/aromatic N) is 1. The number of anilines is 1. The van der Waals surface area contributed by atoms with Crippen molar-refractivity contribution in [3.8, 4) is 11.5 Å². The molecule has 2 aliphatic rings. The van der Waals surface area contributed by atoms with E-state index in [0.29, 0.717) is 36.6 Å². The normalized spacial score (nSPS) is 20.5. The number of hydrogen-bond donors (Lipinski definition) is 0. The third-order valence-electron chi connectivity index (χ3n) is 6.06. The molecular formula is C26H29NO4. The van der Waals surface area contributed by atoms with Crippen molar-refractivity contribution in [3.05, 3.63) is 65.4 Å². The Morgan fingerprint density at radius 1 is 1.00 bits per heavy atom. The first kappa shape index (κ1) is 21.2. The van der Waals surface area contributed by atoms with E-state index in [0.717, 1.165) is 16.8 Å². The van der Waals surface area contributed by atoms with Crippen LogP contribution >= 0.6 is 0 Å². The number of carbonyl (C=O) groups excluding carboxylic acids is 2. The molecule has 1 atom stereocenters. The van der Waals surface area contributed by atoms with Crippen LogP contribution in [0.5, 0.6) is 11.5 Å². The number of hydrogen-bond acceptors (Lipinski definition) is 4. The largest absolute Gasteiger partial charge is 0.496 e. The van der Waals surface area contributed by atoms with E-state index in [1.165, 1.54) is 0 Å². The fraction of sp³-hybridized carbons (Fsp3) is 0.385. The number of ether oxygens (including phenoxy) is 2. The summed E-state index contributed by atoms with van der Waals surface area (Å²) < 4.78 is 11.4. The van der Waals surface area contributed by atoms with Gasteiger partial charge in [0.25, 0.3) is 0 Å². The lowest BCUT2D eigenvalue weighted by Crippen LogP contribution is -2.44. The van der Waals surface area contributed by atoms with Crippen molar-refractivity contribution in [3.63, 3.8) is 0 Å². The van der Waals surface area contributed by atoms with Gasteiger partial charge in [0.15, 0.2) is 5.78 Å². The van der Waals surface area contributed by atoms with Crippen LogP contribution in [0.1, 0.15) is 51.5 Å². The quantitative estimate of drug-likeness (QED) is 0.664. The molecule has 1 aliphatic heterocycles. The number of rotatable bonds is 5. The first-order valence-electron chi connectivity index (χ1n) is 10.8. The number of methoxy groups -OCH3 is 1. The zero-order valence-corrected chi connectivity index (χ0v) is 18.6. The van der Waals surface area contributed by atoms with Crippen LogP contribution in [-0.2, 0) is 9.59 Å². The average molecular weight is 420 g/mol. The van der Waals surface area contributed by atoms with Crippen LogP contribution in [0, 0.1) is 5.41 Å². The molecule has 2 aromatic carbocycles. The van der Waals surface area contributed by atoms with Crippen molar-refractivity contribution in [1.29, 1.82) is 0 Å². The highest BCUT2D eigenvalue weighted by molar-refractivity contribution is 6.08. The lowest BCUT2D eigenvalue weighted by atomic mass is 9.69. The third kappa shape index (κ3) is 3.85. The van der Waals surface area contributed by atoms with Gasteiger partial charge in [0.05, 0.1) is 19.4 Å². The molecule has 1 aliphatic carbocycles. The minimum Gasteiger partial charge on any atom is -0.496 e. The van der Waals surface area contributed by atoms with Crippen LogP contribution in [0.2, 0.25) is 0 Å². The monoisotopic (exact) mass is 419 g/mol. The van der Waals surface area contributed by atoms with Crippen molar-refractivity contribution in [1.82, 2.24) is 0 Å². The maximum Gasteiger partial charge on any atom is 0.232 e. The van der Waals surface area contributed by atoms with E-state index in [2.05, 4.69) is 13.8 Å². The van der Waals surface area contributed by atoms with Gasteiger partial charge in [-0.3, -0.25) is 14.5 Å². The van der Waals surface area contributed by atoms with E-state index in [1.54, 1.807) is 12.0 Å². The predicted molar refractivity (Wildman–Crippen MR) is 120 cm³/mol. The molecule has 5 heteroatoms. The van der Waals surface area contributed by atoms with E-state index >= 15 is 0 Å². The van der Waals surface area contributed by atoms with E-state index in [4.69, 9.17) is 9.47 Å². The Morgan fingerprint density at radius 2 is 1.68 bits per heavy atom. The molecule has 1 amide bonds. The van der Waals surface area contributed by atoms with Gasteiger partial charge in [0.2, 0.25) is 5.91 Å². The molecule has 0 bridgehead atoms. The van der Waals surface area contributed by atoms with E-state index < -0.39 is 0 Å². The zero-order chi connectivity index (χ0) is 22.2. The van der Waals surface area contributed by atoms with E-state index in [-0.39, 0.29) is 29.4 Å². The molecule has 0 radical (unpaired) electrons. The number of ketones is 1. The minimum atomic E-state index is -0.308. The summed E-state index contributed by atoms with van der Waals surface area (Å²) in [5.74, 6) is 1.11. The SMILES string of the molecule is CCOc1ccccc1N1C(=O)CC(c2ccccc2OC)C2=C1CC(C)(C)CC2=O. The molecule has 0 aromatic heterocycles. The molecule has 0 fully saturated rings. The van der Waals surface area contributed by atoms with Gasteiger partial charge in [-0.2, -0.15) is 0 Å². The Balaban J connectivity index is 1.93. The van der Waals surface area contributed by atoms with Gasteiger partial charge in [-0.25, -0.2) is 0 Å². The maximum atomic E-state index is 13.6. The molecule has 1 unspecified atom stereocenters. The average Bonchev–Trinajstić information content (AvgIpc) is 2.73. The molecule has 0 saturated carbocycles. The first-order chi connectivity index (χ1) is 14.9. The van der Waals surface area contributed by atoms with Gasteiger partial charge >= 0.3 is 0 Å². The number of carbonyl (C=O) groups is 2. The molecule has 0 spiro atoms. The number of para-hydroxylation sites is 3. The second kappa shape index (κ2) is 8.22. The summed E-state index contributed by atoms with van der Waals surface area (Å²) in [4.78, 5) is 28.8. The van der Waals surface area contributed by atoms with Crippen molar-refractivity contribution in [2.75, 3.05) is 18.6 Å². The molecule has 2 aromatic rings. The van der Waals surface area contributed by atoms with Gasteiger partial charge in [-0.05, 0) is 37.0 Å². The molecule has 1 heterocycles. The lowest BCUT2D eigenvalue weighted by molar-refractivity contribution is -0.121. The van der Waals surface area contributed by atoms with Crippen molar-refractivity contribution >= 4 is 17.4 Å². The van der Waals surface area contributed by atoms with Crippen molar-refractivity contribution in [2.45, 2.75) is 46.0 Å². The Kier molecular flexibility index (Phi) is 5.61. The van der Waals surface area contributed by atoms with Crippen LogP contribution in [0.4, 0.5) is 5.69 Å². The summed E-state index contributed by atoms with van der Waals surface area (Å²) in [5.41, 5.74) is 2.88. The van der Waals surface area contributed by atoms with Crippen LogP contribution in [0.15, 0.2) is 59.8 Å². The van der Waals surface area contributed by atoms with Crippen LogP contribution in [-0.4, -0.2) is 25.4 Å². The topological polar surface area (TPSA) is 55.8 Å². The lowest BCUT2D eigenvalue weighted by Gasteiger charge is -2.43. The van der Waals surface area contributed by atoms with E-state index in [1.807, 2.05) is 55.5 Å². The van der Waals surface area contributed by atoms with Crippen LogP contribution in [0.3, 0.4) is 0 Å². The molecule has 162 valence electrons. The molecular weight excluding hydrogens is 390 g/mol. The van der Waals surface area contributed by atoms with Gasteiger partial charge in [0, 0.05) is 35.6 Å². The Morgan fingerprint density at radius 3 is 2.39 bits per heavy atom. The minimum absolute atomic E-state index is 0.0349. The number of benzene rings is 2. The molecule has 4 rings (SSSR count). The summed E-state index contributed by atoms with van der Waals surface area (Å²) in [6.07, 6.45) is 1.32. The predicted octanol–water partition coefficient (Wildman–Crippen LogP) is 5.26. The standard InChI is InChI=1S/C26H29NO4/c1-5-31-23-13-9-7-11-19(23)27-20-15-26(2,3)16-21(28)25(20)18(14-24(27)29)17-10-6-8-12-22(17)30-4/h6-13,18H,5,14-16H2,1-4H3. The van der Waals surface area contributed by atoms with Gasteiger partial charge in [-0.1, -0.05) is 44.2 Å². The maximum absolute atomic E-state index is 13.6. The highest BCUT2D eigenvalue weighted by atomic mass is 16.5. The second-order valence-electron chi connectivity index (χ2n) is 8.93. The van der Waals surface area contributed by atoms with Crippen LogP contribution < -0.4 is 14.4 Å². The Hall–Kier alpha value is -3.08. The summed E-state index contributed by atoms with van der Waals surface area (Å²) in [6, 6.07) is 15.2. The smallest absolute Gasteiger partial charge is 0.232 e. The number of Topliss-reactive ketones (excluding diaryl/α,β-unsaturated/α-hetero) is 1.